The van der Waals surface area contributed by atoms with Gasteiger partial charge >= 0.3 is 0 Å². The van der Waals surface area contributed by atoms with Crippen molar-refractivity contribution < 1.29 is 12.8 Å². The lowest BCUT2D eigenvalue weighted by Crippen LogP contribution is -2.37. The maximum Gasteiger partial charge on any atom is 0.242 e. The Hall–Kier alpha value is -1.14. The van der Waals surface area contributed by atoms with Crippen molar-refractivity contribution in [2.75, 3.05) is 12.3 Å². The first kappa shape index (κ1) is 15.3. The number of sulfonamides is 1. The molecule has 1 saturated carbocycles. The summed E-state index contributed by atoms with van der Waals surface area (Å²) in [5.74, 6) is -0.711. The van der Waals surface area contributed by atoms with Crippen LogP contribution in [0.5, 0.6) is 0 Å². The average molecular weight is 300 g/mol. The third-order valence-corrected chi connectivity index (χ3v) is 5.51. The number of nitrogen functional groups attached to an aromatic ring is 1. The van der Waals surface area contributed by atoms with Crippen molar-refractivity contribution in [1.82, 2.24) is 4.72 Å². The second-order valence-electron chi connectivity index (χ2n) is 5.85. The summed E-state index contributed by atoms with van der Waals surface area (Å²) in [6.45, 7) is 2.45. The lowest BCUT2D eigenvalue weighted by atomic mass is 9.76. The van der Waals surface area contributed by atoms with E-state index < -0.39 is 15.8 Å². The molecule has 3 N–H and O–H groups in total. The molecule has 0 aliphatic heterocycles. The van der Waals surface area contributed by atoms with Gasteiger partial charge in [0.05, 0.1) is 5.69 Å². The molecule has 0 heterocycles. The minimum Gasteiger partial charge on any atom is -0.395 e. The Morgan fingerprint density at radius 1 is 1.30 bits per heavy atom. The third-order valence-electron chi connectivity index (χ3n) is 4.05. The van der Waals surface area contributed by atoms with Gasteiger partial charge in [0.2, 0.25) is 10.0 Å². The van der Waals surface area contributed by atoms with Crippen LogP contribution in [-0.2, 0) is 10.0 Å². The van der Waals surface area contributed by atoms with Crippen molar-refractivity contribution in [2.45, 2.75) is 43.9 Å². The molecule has 1 aromatic rings. The zero-order valence-electron chi connectivity index (χ0n) is 11.7. The van der Waals surface area contributed by atoms with E-state index in [1.165, 1.54) is 18.6 Å². The fraction of sp³-hybridized carbons (Fsp3) is 0.571. The topological polar surface area (TPSA) is 72.2 Å². The van der Waals surface area contributed by atoms with Gasteiger partial charge in [-0.25, -0.2) is 17.5 Å². The number of halogens is 1. The summed E-state index contributed by atoms with van der Waals surface area (Å²) in [6, 6.07) is 3.82. The molecule has 6 heteroatoms. The smallest absolute Gasteiger partial charge is 0.242 e. The van der Waals surface area contributed by atoms with Gasteiger partial charge in [-0.05, 0) is 30.4 Å². The van der Waals surface area contributed by atoms with Crippen molar-refractivity contribution in [3.63, 3.8) is 0 Å². The number of nitrogens with two attached hydrogens (primary N) is 1. The number of hydrogen-bond donors (Lipinski definition) is 2. The molecule has 0 saturated heterocycles. The lowest BCUT2D eigenvalue weighted by molar-refractivity contribution is 0.219. The summed E-state index contributed by atoms with van der Waals surface area (Å²) in [5.41, 5.74) is 5.17. The highest BCUT2D eigenvalue weighted by atomic mass is 32.2. The van der Waals surface area contributed by atoms with E-state index in [4.69, 9.17) is 5.73 Å². The average Bonchev–Trinajstić information content (AvgIpc) is 2.41. The van der Waals surface area contributed by atoms with Crippen LogP contribution in [-0.4, -0.2) is 15.0 Å². The fourth-order valence-corrected chi connectivity index (χ4v) is 4.02. The normalized spacial score (nSPS) is 18.9. The molecule has 0 unspecified atom stereocenters. The van der Waals surface area contributed by atoms with E-state index in [-0.39, 0.29) is 16.0 Å². The number of para-hydroxylation sites is 1. The molecule has 1 aromatic carbocycles. The maximum atomic E-state index is 13.4. The van der Waals surface area contributed by atoms with Crippen molar-refractivity contribution >= 4 is 15.7 Å². The number of anilines is 1. The summed E-state index contributed by atoms with van der Waals surface area (Å²) in [4.78, 5) is -0.183. The maximum absolute atomic E-state index is 13.4. The van der Waals surface area contributed by atoms with Gasteiger partial charge in [-0.3, -0.25) is 0 Å². The Morgan fingerprint density at radius 3 is 2.60 bits per heavy atom. The van der Waals surface area contributed by atoms with Crippen LogP contribution in [0.4, 0.5) is 10.1 Å². The molecule has 20 heavy (non-hydrogen) atoms. The van der Waals surface area contributed by atoms with Crippen LogP contribution in [0.25, 0.3) is 0 Å². The standard InChI is InChI=1S/C14H21FN2O2S/c1-14(8-3-2-4-9-14)10-17-20(18,19)12-7-5-6-11(15)13(12)16/h5-7,17H,2-4,8-10,16H2,1H3. The van der Waals surface area contributed by atoms with E-state index in [0.717, 1.165) is 31.7 Å². The zero-order chi connectivity index (χ0) is 14.8. The van der Waals surface area contributed by atoms with Gasteiger partial charge in [0, 0.05) is 6.54 Å². The van der Waals surface area contributed by atoms with Gasteiger partial charge in [-0.2, -0.15) is 0 Å². The van der Waals surface area contributed by atoms with Gasteiger partial charge in [0.1, 0.15) is 10.7 Å². The first-order valence-corrected chi connectivity index (χ1v) is 8.36. The number of hydrogen-bond acceptors (Lipinski definition) is 3. The molecular formula is C14H21FN2O2S. The van der Waals surface area contributed by atoms with Gasteiger partial charge in [-0.1, -0.05) is 32.3 Å². The molecule has 1 aliphatic carbocycles. The predicted molar refractivity (Wildman–Crippen MR) is 77.2 cm³/mol. The molecule has 4 nitrogen and oxygen atoms in total. The van der Waals surface area contributed by atoms with Crippen LogP contribution in [0.3, 0.4) is 0 Å². The Kier molecular flexibility index (Phi) is 4.34. The molecular weight excluding hydrogens is 279 g/mol. The highest BCUT2D eigenvalue weighted by Crippen LogP contribution is 2.35. The minimum atomic E-state index is -3.77. The van der Waals surface area contributed by atoms with Crippen LogP contribution in [0.1, 0.15) is 39.0 Å². The Morgan fingerprint density at radius 2 is 1.95 bits per heavy atom. The van der Waals surface area contributed by atoms with E-state index in [9.17, 15) is 12.8 Å². The predicted octanol–water partition coefficient (Wildman–Crippen LogP) is 2.66. The van der Waals surface area contributed by atoms with E-state index >= 15 is 0 Å². The van der Waals surface area contributed by atoms with Crippen LogP contribution >= 0.6 is 0 Å². The molecule has 0 spiro atoms. The molecule has 0 amide bonds. The zero-order valence-corrected chi connectivity index (χ0v) is 12.5. The molecule has 0 radical (unpaired) electrons. The summed E-state index contributed by atoms with van der Waals surface area (Å²) >= 11 is 0. The Bertz CT molecular complexity index is 581. The van der Waals surface area contributed by atoms with Crippen LogP contribution in [0, 0.1) is 11.2 Å². The van der Waals surface area contributed by atoms with E-state index in [0.29, 0.717) is 6.54 Å². The van der Waals surface area contributed by atoms with E-state index in [1.54, 1.807) is 0 Å². The highest BCUT2D eigenvalue weighted by Gasteiger charge is 2.29. The minimum absolute atomic E-state index is 0.0204. The molecule has 0 bridgehead atoms. The number of benzene rings is 1. The van der Waals surface area contributed by atoms with E-state index in [2.05, 4.69) is 11.6 Å². The van der Waals surface area contributed by atoms with Crippen LogP contribution < -0.4 is 10.5 Å². The first-order valence-electron chi connectivity index (χ1n) is 6.88. The van der Waals surface area contributed by atoms with E-state index in [1.807, 2.05) is 0 Å². The quantitative estimate of drug-likeness (QED) is 0.840. The van der Waals surface area contributed by atoms with Crippen LogP contribution in [0.2, 0.25) is 0 Å². The van der Waals surface area contributed by atoms with Gasteiger partial charge in [0.25, 0.3) is 0 Å². The third kappa shape index (κ3) is 3.30. The molecule has 1 fully saturated rings. The molecule has 0 atom stereocenters. The lowest BCUT2D eigenvalue weighted by Gasteiger charge is -2.33. The number of nitrogens with one attached hydrogen (secondary N) is 1. The fourth-order valence-electron chi connectivity index (χ4n) is 2.68. The summed E-state index contributed by atoms with van der Waals surface area (Å²) in [5, 5.41) is 0. The van der Waals surface area contributed by atoms with Crippen LogP contribution in [0.15, 0.2) is 23.1 Å². The van der Waals surface area contributed by atoms with Crippen molar-refractivity contribution in [3.8, 4) is 0 Å². The highest BCUT2D eigenvalue weighted by molar-refractivity contribution is 7.89. The van der Waals surface area contributed by atoms with Crippen molar-refractivity contribution in [1.29, 1.82) is 0 Å². The number of rotatable bonds is 4. The molecule has 112 valence electrons. The second kappa shape index (κ2) is 5.69. The summed E-state index contributed by atoms with van der Waals surface area (Å²) < 4.78 is 40.4. The summed E-state index contributed by atoms with van der Waals surface area (Å²) in [6.07, 6.45) is 5.47. The monoisotopic (exact) mass is 300 g/mol. The first-order chi connectivity index (χ1) is 9.34. The van der Waals surface area contributed by atoms with Crippen molar-refractivity contribution in [2.24, 2.45) is 5.41 Å². The second-order valence-corrected chi connectivity index (χ2v) is 7.58. The molecule has 2 rings (SSSR count). The molecule has 0 aromatic heterocycles. The Balaban J connectivity index is 2.13. The van der Waals surface area contributed by atoms with Gasteiger partial charge in [-0.15, -0.1) is 0 Å². The molecule has 1 aliphatic rings. The van der Waals surface area contributed by atoms with Crippen molar-refractivity contribution in [3.05, 3.63) is 24.0 Å². The van der Waals surface area contributed by atoms with Gasteiger partial charge < -0.3 is 5.73 Å². The van der Waals surface area contributed by atoms with Gasteiger partial charge in [0.15, 0.2) is 0 Å². The summed E-state index contributed by atoms with van der Waals surface area (Å²) in [7, 11) is -3.77. The SMILES string of the molecule is CC1(CNS(=O)(=O)c2cccc(F)c2N)CCCCC1. The largest absolute Gasteiger partial charge is 0.395 e. The Labute approximate surface area is 119 Å².